The lowest BCUT2D eigenvalue weighted by molar-refractivity contribution is -0.131. The minimum absolute atomic E-state index is 0.0669. The van der Waals surface area contributed by atoms with E-state index in [1.165, 1.54) is 16.7 Å². The van der Waals surface area contributed by atoms with Gasteiger partial charge in [0.05, 0.1) is 12.0 Å². The van der Waals surface area contributed by atoms with Gasteiger partial charge in [-0.25, -0.2) is 9.97 Å². The summed E-state index contributed by atoms with van der Waals surface area (Å²) in [6.45, 7) is 11.0. The van der Waals surface area contributed by atoms with E-state index in [1.54, 1.807) is 18.7 Å². The third-order valence-electron chi connectivity index (χ3n) is 6.93. The summed E-state index contributed by atoms with van der Waals surface area (Å²) in [5.74, 6) is 0.635. The van der Waals surface area contributed by atoms with Crippen LogP contribution in [0, 0.1) is 6.92 Å². The number of rotatable bonds is 5. The fraction of sp³-hybridized carbons (Fsp3) is 0.393. The van der Waals surface area contributed by atoms with Gasteiger partial charge in [-0.1, -0.05) is 39.0 Å². The lowest BCUT2D eigenvalue weighted by Gasteiger charge is -2.34. The van der Waals surface area contributed by atoms with Crippen LogP contribution >= 0.6 is 0 Å². The van der Waals surface area contributed by atoms with Crippen LogP contribution in [0.4, 0.5) is 5.95 Å². The van der Waals surface area contributed by atoms with Crippen molar-refractivity contribution in [2.24, 2.45) is 7.05 Å². The average Bonchev–Trinajstić information content (AvgIpc) is 3.22. The summed E-state index contributed by atoms with van der Waals surface area (Å²) >= 11 is 0. The molecule has 1 fully saturated rings. The molecule has 0 atom stereocenters. The zero-order chi connectivity index (χ0) is 25.4. The molecule has 4 aromatic rings. The maximum atomic E-state index is 13.0. The number of carbonyl (C=O) groups excluding carboxylic acids is 1. The number of aryl methyl sites for hydroxylation is 2. The summed E-state index contributed by atoms with van der Waals surface area (Å²) in [5.41, 5.74) is 7.44. The fourth-order valence-corrected chi connectivity index (χ4v) is 4.65. The van der Waals surface area contributed by atoms with Crippen molar-refractivity contribution in [3.8, 4) is 0 Å². The van der Waals surface area contributed by atoms with Gasteiger partial charge in [-0.15, -0.1) is 0 Å². The van der Waals surface area contributed by atoms with Crippen LogP contribution in [0.5, 0.6) is 0 Å². The molecule has 0 aliphatic carbocycles. The van der Waals surface area contributed by atoms with E-state index >= 15 is 0 Å². The Balaban J connectivity index is 1.43. The van der Waals surface area contributed by atoms with Crippen LogP contribution in [0.15, 0.2) is 49.1 Å². The monoisotopic (exact) mass is 483 g/mol. The number of anilines is 1. The highest BCUT2D eigenvalue weighted by atomic mass is 16.2. The van der Waals surface area contributed by atoms with Gasteiger partial charge >= 0.3 is 0 Å². The molecule has 0 saturated carbocycles. The smallest absolute Gasteiger partial charge is 0.242 e. The molecule has 0 N–H and O–H groups in total. The highest BCUT2D eigenvalue weighted by Crippen LogP contribution is 2.28. The van der Waals surface area contributed by atoms with Gasteiger partial charge in [-0.05, 0) is 46.7 Å². The van der Waals surface area contributed by atoms with Gasteiger partial charge < -0.3 is 14.4 Å². The summed E-state index contributed by atoms with van der Waals surface area (Å²) in [6, 6.07) is 10.6. The summed E-state index contributed by atoms with van der Waals surface area (Å²) in [4.78, 5) is 35.2. The summed E-state index contributed by atoms with van der Waals surface area (Å²) in [7, 11) is 1.97. The molecule has 1 aromatic carbocycles. The van der Waals surface area contributed by atoms with Gasteiger partial charge in [0.15, 0.2) is 5.65 Å². The first-order chi connectivity index (χ1) is 17.2. The third kappa shape index (κ3) is 4.80. The minimum Gasteiger partial charge on any atom is -0.335 e. The summed E-state index contributed by atoms with van der Waals surface area (Å²) in [6.07, 6.45) is 5.97. The standard InChI is InChI=1S/C28H33N7O/c1-19-6-7-22(28(2,3)4)14-21(19)15-23-25-26(30-18-33(25)5)32-27(31-23)35-13-12-34(24(36)17-35)16-20-8-10-29-11-9-20/h6-11,14,18H,12-13,15-17H2,1-5H3. The SMILES string of the molecule is Cc1ccc(C(C)(C)C)cc1Cc1nc(N2CCN(Cc3ccncc3)C(=O)C2)nc2ncn(C)c12. The molecule has 0 radical (unpaired) electrons. The maximum absolute atomic E-state index is 13.0. The van der Waals surface area contributed by atoms with Crippen LogP contribution < -0.4 is 4.90 Å². The Bertz CT molecular complexity index is 1400. The minimum atomic E-state index is 0.0669. The predicted molar refractivity (Wildman–Crippen MR) is 141 cm³/mol. The number of piperazine rings is 1. The number of carbonyl (C=O) groups is 1. The third-order valence-corrected chi connectivity index (χ3v) is 6.93. The maximum Gasteiger partial charge on any atom is 0.242 e. The van der Waals surface area contributed by atoms with Crippen molar-refractivity contribution < 1.29 is 4.79 Å². The predicted octanol–water partition coefficient (Wildman–Crippen LogP) is 3.80. The molecular weight excluding hydrogens is 450 g/mol. The fourth-order valence-electron chi connectivity index (χ4n) is 4.65. The van der Waals surface area contributed by atoms with Gasteiger partial charge in [-0.2, -0.15) is 4.98 Å². The Morgan fingerprint density at radius 3 is 2.53 bits per heavy atom. The molecular formula is C28H33N7O. The topological polar surface area (TPSA) is 80.0 Å². The molecule has 0 unspecified atom stereocenters. The first kappa shape index (κ1) is 23.9. The number of nitrogens with zero attached hydrogens (tertiary/aromatic N) is 7. The molecule has 1 amide bonds. The van der Waals surface area contributed by atoms with Crippen LogP contribution in [-0.2, 0) is 30.2 Å². The second-order valence-electron chi connectivity index (χ2n) is 10.7. The Morgan fingerprint density at radius 2 is 1.81 bits per heavy atom. The Morgan fingerprint density at radius 1 is 1.03 bits per heavy atom. The van der Waals surface area contributed by atoms with Gasteiger partial charge in [0.1, 0.15) is 12.1 Å². The van der Waals surface area contributed by atoms with Crippen molar-refractivity contribution in [2.75, 3.05) is 24.5 Å². The van der Waals surface area contributed by atoms with Crippen LogP contribution in [0.25, 0.3) is 11.2 Å². The van der Waals surface area contributed by atoms with E-state index in [-0.39, 0.29) is 17.9 Å². The highest BCUT2D eigenvalue weighted by molar-refractivity contribution is 5.83. The Labute approximate surface area is 212 Å². The molecule has 0 bridgehead atoms. The highest BCUT2D eigenvalue weighted by Gasteiger charge is 2.27. The molecule has 4 heterocycles. The van der Waals surface area contributed by atoms with Crippen molar-refractivity contribution in [1.29, 1.82) is 0 Å². The lowest BCUT2D eigenvalue weighted by Crippen LogP contribution is -2.50. The second kappa shape index (κ2) is 9.33. The molecule has 1 saturated heterocycles. The number of pyridine rings is 1. The summed E-state index contributed by atoms with van der Waals surface area (Å²) in [5, 5.41) is 0. The quantitative estimate of drug-likeness (QED) is 0.430. The molecule has 1 aliphatic rings. The van der Waals surface area contributed by atoms with E-state index < -0.39 is 0 Å². The number of hydrogen-bond donors (Lipinski definition) is 0. The van der Waals surface area contributed by atoms with E-state index in [2.05, 4.69) is 55.9 Å². The van der Waals surface area contributed by atoms with E-state index in [0.717, 1.165) is 16.8 Å². The second-order valence-corrected chi connectivity index (χ2v) is 10.7. The number of fused-ring (bicyclic) bond motifs is 1. The van der Waals surface area contributed by atoms with Crippen molar-refractivity contribution in [3.05, 3.63) is 77.0 Å². The molecule has 8 nitrogen and oxygen atoms in total. The molecule has 5 rings (SSSR count). The number of imidazole rings is 1. The zero-order valence-corrected chi connectivity index (χ0v) is 21.7. The number of amides is 1. The normalized spacial score (nSPS) is 14.6. The first-order valence-corrected chi connectivity index (χ1v) is 12.4. The van der Waals surface area contributed by atoms with Crippen LogP contribution in [-0.4, -0.2) is 54.9 Å². The van der Waals surface area contributed by atoms with Crippen molar-refractivity contribution in [3.63, 3.8) is 0 Å². The largest absolute Gasteiger partial charge is 0.335 e. The first-order valence-electron chi connectivity index (χ1n) is 12.4. The molecule has 36 heavy (non-hydrogen) atoms. The van der Waals surface area contributed by atoms with Crippen molar-refractivity contribution in [1.82, 2.24) is 29.4 Å². The number of benzene rings is 1. The molecule has 8 heteroatoms. The molecule has 0 spiro atoms. The van der Waals surface area contributed by atoms with Crippen molar-refractivity contribution >= 4 is 23.0 Å². The number of aromatic nitrogens is 5. The van der Waals surface area contributed by atoms with E-state index in [1.807, 2.05) is 33.5 Å². The van der Waals surface area contributed by atoms with Crippen molar-refractivity contribution in [2.45, 2.75) is 46.1 Å². The van der Waals surface area contributed by atoms with E-state index in [9.17, 15) is 4.79 Å². The molecule has 3 aromatic heterocycles. The Hall–Kier alpha value is -3.81. The van der Waals surface area contributed by atoms with Crippen LogP contribution in [0.1, 0.15) is 48.7 Å². The zero-order valence-electron chi connectivity index (χ0n) is 21.7. The van der Waals surface area contributed by atoms with Gasteiger partial charge in [0, 0.05) is 45.5 Å². The lowest BCUT2D eigenvalue weighted by atomic mass is 9.84. The van der Waals surface area contributed by atoms with E-state index in [0.29, 0.717) is 37.7 Å². The summed E-state index contributed by atoms with van der Waals surface area (Å²) < 4.78 is 1.98. The van der Waals surface area contributed by atoms with Gasteiger partial charge in [0.2, 0.25) is 11.9 Å². The van der Waals surface area contributed by atoms with Gasteiger partial charge in [0.25, 0.3) is 0 Å². The van der Waals surface area contributed by atoms with Crippen LogP contribution in [0.3, 0.4) is 0 Å². The van der Waals surface area contributed by atoms with Gasteiger partial charge in [-0.3, -0.25) is 9.78 Å². The molecule has 186 valence electrons. The average molecular weight is 484 g/mol. The molecule has 1 aliphatic heterocycles. The Kier molecular flexibility index (Phi) is 6.20. The number of hydrogen-bond acceptors (Lipinski definition) is 6. The van der Waals surface area contributed by atoms with E-state index in [4.69, 9.17) is 9.97 Å². The van der Waals surface area contributed by atoms with Crippen LogP contribution in [0.2, 0.25) is 0 Å².